The van der Waals surface area contributed by atoms with Crippen molar-refractivity contribution in [3.8, 4) is 0 Å². The summed E-state index contributed by atoms with van der Waals surface area (Å²) in [6.07, 6.45) is 3.93. The highest BCUT2D eigenvalue weighted by molar-refractivity contribution is 9.10. The normalized spacial score (nSPS) is 23.3. The van der Waals surface area contributed by atoms with Crippen molar-refractivity contribution >= 4 is 33.3 Å². The number of methoxy groups -OCH3 is 1. The lowest BCUT2D eigenvalue weighted by Gasteiger charge is -2.29. The molecule has 1 unspecified atom stereocenters. The Balaban J connectivity index is 2.01. The van der Waals surface area contributed by atoms with Crippen molar-refractivity contribution in [1.29, 1.82) is 0 Å². The number of ether oxygens (including phenoxy) is 1. The molecule has 0 amide bonds. The van der Waals surface area contributed by atoms with Crippen LogP contribution < -0.4 is 10.6 Å². The third kappa shape index (κ3) is 3.35. The molecule has 18 heavy (non-hydrogen) atoms. The SMILES string of the molecule is COCC1(CNc2ncc(Cl)cc2Br)CCCN1. The zero-order valence-corrected chi connectivity index (χ0v) is 12.6. The molecule has 0 aliphatic carbocycles. The fourth-order valence-electron chi connectivity index (χ4n) is 2.27. The number of rotatable bonds is 5. The molecule has 2 rings (SSSR count). The maximum absolute atomic E-state index is 5.87. The largest absolute Gasteiger partial charge is 0.383 e. The molecule has 100 valence electrons. The highest BCUT2D eigenvalue weighted by atomic mass is 79.9. The van der Waals surface area contributed by atoms with Crippen LogP contribution in [-0.4, -0.2) is 37.3 Å². The average molecular weight is 335 g/mol. The first-order valence-corrected chi connectivity index (χ1v) is 7.11. The van der Waals surface area contributed by atoms with Gasteiger partial charge in [0, 0.05) is 19.9 Å². The Morgan fingerprint density at radius 1 is 1.67 bits per heavy atom. The fraction of sp³-hybridized carbons (Fsp3) is 0.583. The Kier molecular flexibility index (Phi) is 4.84. The van der Waals surface area contributed by atoms with E-state index in [-0.39, 0.29) is 5.54 Å². The third-order valence-corrected chi connectivity index (χ3v) is 3.97. The topological polar surface area (TPSA) is 46.2 Å². The van der Waals surface area contributed by atoms with E-state index >= 15 is 0 Å². The fourth-order valence-corrected chi connectivity index (χ4v) is 3.05. The molecule has 1 saturated heterocycles. The molecule has 0 spiro atoms. The van der Waals surface area contributed by atoms with Crippen LogP contribution >= 0.6 is 27.5 Å². The van der Waals surface area contributed by atoms with Gasteiger partial charge in [-0.2, -0.15) is 0 Å². The van der Waals surface area contributed by atoms with E-state index in [1.807, 2.05) is 6.07 Å². The Morgan fingerprint density at radius 3 is 3.11 bits per heavy atom. The van der Waals surface area contributed by atoms with E-state index < -0.39 is 0 Å². The van der Waals surface area contributed by atoms with Gasteiger partial charge < -0.3 is 15.4 Å². The van der Waals surface area contributed by atoms with Crippen LogP contribution in [0.4, 0.5) is 5.82 Å². The summed E-state index contributed by atoms with van der Waals surface area (Å²) in [5, 5.41) is 7.49. The highest BCUT2D eigenvalue weighted by Crippen LogP contribution is 2.25. The molecular weight excluding hydrogens is 318 g/mol. The van der Waals surface area contributed by atoms with Crippen LogP contribution in [0.5, 0.6) is 0 Å². The van der Waals surface area contributed by atoms with Crippen molar-refractivity contribution in [3.05, 3.63) is 21.8 Å². The molecule has 1 aromatic rings. The zero-order chi connectivity index (χ0) is 13.0. The van der Waals surface area contributed by atoms with Crippen LogP contribution in [0.3, 0.4) is 0 Å². The van der Waals surface area contributed by atoms with Gasteiger partial charge in [-0.25, -0.2) is 4.98 Å². The maximum atomic E-state index is 5.87. The molecule has 4 nitrogen and oxygen atoms in total. The van der Waals surface area contributed by atoms with Gasteiger partial charge in [-0.1, -0.05) is 11.6 Å². The first kappa shape index (κ1) is 14.1. The van der Waals surface area contributed by atoms with E-state index in [0.717, 1.165) is 29.8 Å². The standard InChI is InChI=1S/C12H17BrClN3O/c1-18-8-12(3-2-4-17-12)7-16-11-10(13)5-9(14)6-15-11/h5-6,17H,2-4,7-8H2,1H3,(H,15,16). The van der Waals surface area contributed by atoms with Gasteiger partial charge in [-0.05, 0) is 41.4 Å². The van der Waals surface area contributed by atoms with Crippen LogP contribution in [0, 0.1) is 0 Å². The van der Waals surface area contributed by atoms with Crippen molar-refractivity contribution in [1.82, 2.24) is 10.3 Å². The van der Waals surface area contributed by atoms with E-state index in [9.17, 15) is 0 Å². The molecule has 2 N–H and O–H groups in total. The number of aromatic nitrogens is 1. The second kappa shape index (κ2) is 6.19. The Hall–Kier alpha value is -0.360. The van der Waals surface area contributed by atoms with Gasteiger partial charge >= 0.3 is 0 Å². The van der Waals surface area contributed by atoms with Gasteiger partial charge in [0.05, 0.1) is 21.6 Å². The smallest absolute Gasteiger partial charge is 0.140 e. The minimum atomic E-state index is 0.00943. The molecule has 0 aromatic carbocycles. The summed E-state index contributed by atoms with van der Waals surface area (Å²) in [6, 6.07) is 1.84. The summed E-state index contributed by atoms with van der Waals surface area (Å²) in [5.74, 6) is 0.809. The zero-order valence-electron chi connectivity index (χ0n) is 10.3. The molecule has 1 atom stereocenters. The van der Waals surface area contributed by atoms with Crippen molar-refractivity contribution in [3.63, 3.8) is 0 Å². The number of hydrogen-bond acceptors (Lipinski definition) is 4. The molecule has 6 heteroatoms. The van der Waals surface area contributed by atoms with Gasteiger partial charge in [-0.15, -0.1) is 0 Å². The predicted octanol–water partition coefficient (Wildman–Crippen LogP) is 2.68. The molecule has 1 aliphatic rings. The van der Waals surface area contributed by atoms with Gasteiger partial charge in [-0.3, -0.25) is 0 Å². The summed E-state index contributed by atoms with van der Waals surface area (Å²) in [5.41, 5.74) is 0.00943. The molecular formula is C12H17BrClN3O. The Bertz CT molecular complexity index is 410. The van der Waals surface area contributed by atoms with Crippen molar-refractivity contribution in [2.75, 3.05) is 32.1 Å². The van der Waals surface area contributed by atoms with Crippen LogP contribution in [0.25, 0.3) is 0 Å². The number of anilines is 1. The predicted molar refractivity (Wildman–Crippen MR) is 77.3 cm³/mol. The van der Waals surface area contributed by atoms with Crippen molar-refractivity contribution < 1.29 is 4.74 Å². The Morgan fingerprint density at radius 2 is 2.50 bits per heavy atom. The summed E-state index contributed by atoms with van der Waals surface area (Å²) in [6.45, 7) is 2.53. The summed E-state index contributed by atoms with van der Waals surface area (Å²) < 4.78 is 6.19. The summed E-state index contributed by atoms with van der Waals surface area (Å²) >= 11 is 9.32. The second-order valence-corrected chi connectivity index (χ2v) is 5.87. The highest BCUT2D eigenvalue weighted by Gasteiger charge is 2.33. The minimum Gasteiger partial charge on any atom is -0.383 e. The van der Waals surface area contributed by atoms with Gasteiger partial charge in [0.25, 0.3) is 0 Å². The monoisotopic (exact) mass is 333 g/mol. The second-order valence-electron chi connectivity index (χ2n) is 4.58. The molecule has 0 saturated carbocycles. The molecule has 0 bridgehead atoms. The van der Waals surface area contributed by atoms with Crippen LogP contribution in [0.15, 0.2) is 16.7 Å². The summed E-state index contributed by atoms with van der Waals surface area (Å²) in [7, 11) is 1.73. The van der Waals surface area contributed by atoms with Crippen molar-refractivity contribution in [2.45, 2.75) is 18.4 Å². The van der Waals surface area contributed by atoms with Gasteiger partial charge in [0.15, 0.2) is 0 Å². The van der Waals surface area contributed by atoms with E-state index in [1.54, 1.807) is 13.3 Å². The first-order valence-electron chi connectivity index (χ1n) is 5.94. The number of nitrogens with zero attached hydrogens (tertiary/aromatic N) is 1. The van der Waals surface area contributed by atoms with E-state index in [0.29, 0.717) is 11.6 Å². The van der Waals surface area contributed by atoms with Gasteiger partial charge in [0.2, 0.25) is 0 Å². The van der Waals surface area contributed by atoms with E-state index in [1.165, 1.54) is 6.42 Å². The molecule has 1 aromatic heterocycles. The van der Waals surface area contributed by atoms with Crippen LogP contribution in [0.1, 0.15) is 12.8 Å². The molecule has 0 radical (unpaired) electrons. The van der Waals surface area contributed by atoms with E-state index in [2.05, 4.69) is 31.5 Å². The molecule has 1 fully saturated rings. The lowest BCUT2D eigenvalue weighted by atomic mass is 9.99. The van der Waals surface area contributed by atoms with Crippen molar-refractivity contribution in [2.24, 2.45) is 0 Å². The number of hydrogen-bond donors (Lipinski definition) is 2. The minimum absolute atomic E-state index is 0.00943. The molecule has 2 heterocycles. The Labute approximate surface area is 121 Å². The van der Waals surface area contributed by atoms with Crippen LogP contribution in [-0.2, 0) is 4.74 Å². The first-order chi connectivity index (χ1) is 8.65. The number of nitrogens with one attached hydrogen (secondary N) is 2. The molecule has 1 aliphatic heterocycles. The maximum Gasteiger partial charge on any atom is 0.140 e. The number of halogens is 2. The quantitative estimate of drug-likeness (QED) is 0.869. The lowest BCUT2D eigenvalue weighted by molar-refractivity contribution is 0.127. The number of pyridine rings is 1. The average Bonchev–Trinajstić information content (AvgIpc) is 2.77. The lowest BCUT2D eigenvalue weighted by Crippen LogP contribution is -2.49. The summed E-state index contributed by atoms with van der Waals surface area (Å²) in [4.78, 5) is 4.27. The van der Waals surface area contributed by atoms with Gasteiger partial charge in [0.1, 0.15) is 5.82 Å². The van der Waals surface area contributed by atoms with Crippen LogP contribution in [0.2, 0.25) is 5.02 Å². The van der Waals surface area contributed by atoms with E-state index in [4.69, 9.17) is 16.3 Å². The third-order valence-electron chi connectivity index (χ3n) is 3.15.